The number of carbonyl (C=O) groups is 2. The fourth-order valence-electron chi connectivity index (χ4n) is 2.15. The van der Waals surface area contributed by atoms with Crippen molar-refractivity contribution in [3.63, 3.8) is 0 Å². The third kappa shape index (κ3) is 5.70. The van der Waals surface area contributed by atoms with Crippen LogP contribution in [0.1, 0.15) is 25.0 Å². The second kappa shape index (κ2) is 8.75. The molecule has 2 N–H and O–H groups in total. The van der Waals surface area contributed by atoms with Crippen LogP contribution in [-0.4, -0.2) is 24.1 Å². The predicted molar refractivity (Wildman–Crippen MR) is 98.7 cm³/mol. The first-order valence-corrected chi connectivity index (χ1v) is 7.96. The molecule has 0 aliphatic rings. The summed E-state index contributed by atoms with van der Waals surface area (Å²) >= 11 is 0. The van der Waals surface area contributed by atoms with Crippen molar-refractivity contribution in [3.8, 4) is 0 Å². The van der Waals surface area contributed by atoms with E-state index in [1.54, 1.807) is 44.2 Å². The van der Waals surface area contributed by atoms with E-state index in [9.17, 15) is 14.0 Å². The maximum Gasteiger partial charge on any atom is 0.265 e. The fourth-order valence-corrected chi connectivity index (χ4v) is 2.15. The van der Waals surface area contributed by atoms with Crippen LogP contribution in [0.3, 0.4) is 0 Å². The van der Waals surface area contributed by atoms with Crippen LogP contribution < -0.4 is 10.6 Å². The van der Waals surface area contributed by atoms with Gasteiger partial charge in [0, 0.05) is 18.3 Å². The van der Waals surface area contributed by atoms with Crippen molar-refractivity contribution in [2.24, 2.45) is 5.16 Å². The van der Waals surface area contributed by atoms with Gasteiger partial charge < -0.3 is 15.5 Å². The van der Waals surface area contributed by atoms with E-state index in [-0.39, 0.29) is 12.5 Å². The van der Waals surface area contributed by atoms with Gasteiger partial charge >= 0.3 is 0 Å². The summed E-state index contributed by atoms with van der Waals surface area (Å²) in [6, 6.07) is 11.2. The van der Waals surface area contributed by atoms with Crippen LogP contribution in [-0.2, 0) is 14.4 Å². The predicted octanol–water partition coefficient (Wildman–Crippen LogP) is 3.47. The fraction of sp³-hybridized carbons (Fsp3) is 0.211. The molecule has 0 atom stereocenters. The van der Waals surface area contributed by atoms with Crippen molar-refractivity contribution >= 4 is 28.9 Å². The minimum absolute atomic E-state index is 0.147. The van der Waals surface area contributed by atoms with Crippen molar-refractivity contribution in [2.75, 3.05) is 17.2 Å². The minimum atomic E-state index is -0.434. The summed E-state index contributed by atoms with van der Waals surface area (Å²) in [6.45, 7) is 4.65. The van der Waals surface area contributed by atoms with E-state index in [1.165, 1.54) is 19.1 Å². The molecule has 2 aromatic rings. The zero-order chi connectivity index (χ0) is 19.1. The first kappa shape index (κ1) is 19.1. The molecule has 0 aliphatic heterocycles. The zero-order valence-electron chi connectivity index (χ0n) is 14.8. The van der Waals surface area contributed by atoms with Crippen LogP contribution in [0.4, 0.5) is 15.8 Å². The summed E-state index contributed by atoms with van der Waals surface area (Å²) in [5, 5.41) is 9.15. The molecule has 0 aliphatic carbocycles. The molecule has 0 heterocycles. The van der Waals surface area contributed by atoms with Crippen molar-refractivity contribution in [1.82, 2.24) is 0 Å². The second-order valence-corrected chi connectivity index (χ2v) is 5.72. The summed E-state index contributed by atoms with van der Waals surface area (Å²) in [5.41, 5.74) is 3.20. The maximum atomic E-state index is 13.2. The van der Waals surface area contributed by atoms with Crippen LogP contribution in [0.25, 0.3) is 0 Å². The van der Waals surface area contributed by atoms with Gasteiger partial charge in [-0.05, 0) is 49.2 Å². The van der Waals surface area contributed by atoms with Crippen molar-refractivity contribution in [3.05, 3.63) is 59.4 Å². The first-order chi connectivity index (χ1) is 12.3. The number of amides is 2. The highest BCUT2D eigenvalue weighted by Crippen LogP contribution is 2.16. The van der Waals surface area contributed by atoms with E-state index in [1.807, 2.05) is 0 Å². The number of carbonyl (C=O) groups excluding carboxylic acids is 2. The molecule has 0 unspecified atom stereocenters. The number of nitrogens with one attached hydrogen (secondary N) is 2. The number of halogens is 1. The van der Waals surface area contributed by atoms with Crippen LogP contribution >= 0.6 is 0 Å². The van der Waals surface area contributed by atoms with E-state index in [4.69, 9.17) is 4.84 Å². The number of rotatable bonds is 6. The summed E-state index contributed by atoms with van der Waals surface area (Å²) in [4.78, 5) is 27.9. The number of oxime groups is 1. The van der Waals surface area contributed by atoms with Gasteiger partial charge in [-0.1, -0.05) is 23.4 Å². The molecule has 0 saturated carbocycles. The largest absolute Gasteiger partial charge is 0.385 e. The molecule has 0 aromatic heterocycles. The molecule has 0 bridgehead atoms. The van der Waals surface area contributed by atoms with Gasteiger partial charge in [0.2, 0.25) is 5.91 Å². The Kier molecular flexibility index (Phi) is 6.43. The Morgan fingerprint density at radius 3 is 2.42 bits per heavy atom. The lowest BCUT2D eigenvalue weighted by Crippen LogP contribution is -2.18. The van der Waals surface area contributed by atoms with E-state index in [0.717, 1.165) is 11.1 Å². The topological polar surface area (TPSA) is 79.8 Å². The molecule has 2 aromatic carbocycles. The molecule has 0 saturated heterocycles. The summed E-state index contributed by atoms with van der Waals surface area (Å²) in [6.07, 6.45) is 0. The van der Waals surface area contributed by atoms with E-state index in [0.29, 0.717) is 17.1 Å². The van der Waals surface area contributed by atoms with E-state index in [2.05, 4.69) is 15.8 Å². The lowest BCUT2D eigenvalue weighted by Gasteiger charge is -2.08. The van der Waals surface area contributed by atoms with Gasteiger partial charge in [-0.15, -0.1) is 0 Å². The molecular formula is C19H20FN3O3. The number of benzene rings is 2. The Balaban J connectivity index is 1.89. The first-order valence-electron chi connectivity index (χ1n) is 7.96. The monoisotopic (exact) mass is 357 g/mol. The second-order valence-electron chi connectivity index (χ2n) is 5.72. The average Bonchev–Trinajstić information content (AvgIpc) is 2.58. The van der Waals surface area contributed by atoms with Crippen LogP contribution in [0.2, 0.25) is 0 Å². The highest BCUT2D eigenvalue weighted by Gasteiger charge is 2.07. The van der Waals surface area contributed by atoms with Gasteiger partial charge in [0.1, 0.15) is 5.82 Å². The number of aryl methyl sites for hydroxylation is 1. The van der Waals surface area contributed by atoms with Crippen LogP contribution in [0.15, 0.2) is 47.6 Å². The molecule has 0 radical (unpaired) electrons. The third-order valence-corrected chi connectivity index (χ3v) is 3.49. The third-order valence-electron chi connectivity index (χ3n) is 3.49. The van der Waals surface area contributed by atoms with Gasteiger partial charge in [0.05, 0.1) is 5.71 Å². The quantitative estimate of drug-likeness (QED) is 0.614. The Morgan fingerprint density at radius 1 is 1.08 bits per heavy atom. The number of nitrogens with zero attached hydrogens (tertiary/aromatic N) is 1. The highest BCUT2D eigenvalue weighted by molar-refractivity contribution is 5.99. The lowest BCUT2D eigenvalue weighted by molar-refractivity contribution is -0.120. The number of anilines is 2. The van der Waals surface area contributed by atoms with E-state index >= 15 is 0 Å². The highest BCUT2D eigenvalue weighted by atomic mass is 19.1. The van der Waals surface area contributed by atoms with Crippen LogP contribution in [0.5, 0.6) is 0 Å². The SMILES string of the molecule is CC(=O)Nc1ccc(/C(C)=N/OCC(=O)Nc2cc(F)ccc2C)cc1. The number of hydrogen-bond donors (Lipinski definition) is 2. The van der Waals surface area contributed by atoms with Gasteiger partial charge in [0.25, 0.3) is 5.91 Å². The average molecular weight is 357 g/mol. The number of hydrogen-bond acceptors (Lipinski definition) is 4. The van der Waals surface area contributed by atoms with Crippen molar-refractivity contribution < 1.29 is 18.8 Å². The van der Waals surface area contributed by atoms with Gasteiger partial charge in [-0.2, -0.15) is 0 Å². The maximum absolute atomic E-state index is 13.2. The zero-order valence-corrected chi connectivity index (χ0v) is 14.8. The molecule has 0 fully saturated rings. The molecule has 2 rings (SSSR count). The molecule has 6 nitrogen and oxygen atoms in total. The van der Waals surface area contributed by atoms with Crippen LogP contribution in [0, 0.1) is 12.7 Å². The Hall–Kier alpha value is -3.22. The summed E-state index contributed by atoms with van der Waals surface area (Å²) in [5.74, 6) is -1.01. The Morgan fingerprint density at radius 2 is 1.77 bits per heavy atom. The Bertz CT molecular complexity index is 832. The molecule has 2 amide bonds. The summed E-state index contributed by atoms with van der Waals surface area (Å²) in [7, 11) is 0. The molecule has 136 valence electrons. The molecular weight excluding hydrogens is 337 g/mol. The van der Waals surface area contributed by atoms with Gasteiger partial charge in [-0.3, -0.25) is 9.59 Å². The molecule has 26 heavy (non-hydrogen) atoms. The van der Waals surface area contributed by atoms with Gasteiger partial charge in [0.15, 0.2) is 6.61 Å². The smallest absolute Gasteiger partial charge is 0.265 e. The molecule has 7 heteroatoms. The molecule has 0 spiro atoms. The van der Waals surface area contributed by atoms with Gasteiger partial charge in [-0.25, -0.2) is 4.39 Å². The Labute approximate surface area is 151 Å². The normalized spacial score (nSPS) is 11.0. The lowest BCUT2D eigenvalue weighted by atomic mass is 10.1. The van der Waals surface area contributed by atoms with Crippen molar-refractivity contribution in [1.29, 1.82) is 0 Å². The van der Waals surface area contributed by atoms with E-state index < -0.39 is 11.7 Å². The standard InChI is InChI=1S/C19H20FN3O3/c1-12-4-7-16(20)10-18(12)22-19(25)11-26-23-13(2)15-5-8-17(9-6-15)21-14(3)24/h4-10H,11H2,1-3H3,(H,21,24)(H,22,25)/b23-13+. The minimum Gasteiger partial charge on any atom is -0.385 e. The summed E-state index contributed by atoms with van der Waals surface area (Å²) < 4.78 is 13.2. The van der Waals surface area contributed by atoms with Crippen molar-refractivity contribution in [2.45, 2.75) is 20.8 Å².